The number of phenols is 1. The van der Waals surface area contributed by atoms with Gasteiger partial charge in [-0.25, -0.2) is 18.6 Å². The number of aryl methyl sites for hydroxylation is 1. The van der Waals surface area contributed by atoms with E-state index in [0.29, 0.717) is 29.7 Å². The van der Waals surface area contributed by atoms with Gasteiger partial charge in [-0.05, 0) is 44.2 Å². The molecule has 2 aromatic heterocycles. The molecule has 188 valence electrons. The predicted octanol–water partition coefficient (Wildman–Crippen LogP) is 2.73. The highest BCUT2D eigenvalue weighted by Crippen LogP contribution is 2.39. The lowest BCUT2D eigenvalue weighted by Gasteiger charge is -2.46. The van der Waals surface area contributed by atoms with Gasteiger partial charge in [-0.15, -0.1) is 10.2 Å². The summed E-state index contributed by atoms with van der Waals surface area (Å²) in [5.41, 5.74) is 0.192. The van der Waals surface area contributed by atoms with E-state index >= 15 is 4.39 Å². The molecule has 0 unspecified atom stereocenters. The monoisotopic (exact) mass is 495 g/mol. The molecule has 11 heteroatoms. The number of benzene rings is 1. The van der Waals surface area contributed by atoms with Crippen molar-refractivity contribution in [2.75, 3.05) is 4.90 Å². The number of phenolic OH excluding ortho intramolecular Hbond substituents is 1. The Morgan fingerprint density at radius 3 is 2.75 bits per heavy atom. The van der Waals surface area contributed by atoms with E-state index in [1.807, 2.05) is 4.90 Å². The maximum absolute atomic E-state index is 15.4. The van der Waals surface area contributed by atoms with Crippen LogP contribution in [0, 0.1) is 5.82 Å². The van der Waals surface area contributed by atoms with Crippen molar-refractivity contribution in [1.82, 2.24) is 30.0 Å². The van der Waals surface area contributed by atoms with Gasteiger partial charge in [0.1, 0.15) is 23.3 Å². The van der Waals surface area contributed by atoms with Crippen molar-refractivity contribution < 1.29 is 13.9 Å². The van der Waals surface area contributed by atoms with Crippen LogP contribution in [0.1, 0.15) is 38.5 Å². The zero-order valence-corrected chi connectivity index (χ0v) is 19.8. The first-order valence-electron chi connectivity index (χ1n) is 12.3. The average molecular weight is 496 g/mol. The van der Waals surface area contributed by atoms with E-state index in [1.54, 1.807) is 12.1 Å². The minimum Gasteiger partial charge on any atom is -0.507 e. The molecule has 2 bridgehead atoms. The number of aromatic hydroxyl groups is 1. The van der Waals surface area contributed by atoms with Crippen molar-refractivity contribution in [1.29, 1.82) is 0 Å². The van der Waals surface area contributed by atoms with Gasteiger partial charge in [0.15, 0.2) is 5.82 Å². The molecular formula is C25H27F2N7O2. The highest BCUT2D eigenvalue weighted by Gasteiger charge is 2.47. The molecule has 3 fully saturated rings. The minimum absolute atomic E-state index is 0.129. The second-order valence-electron chi connectivity index (χ2n) is 9.99. The molecule has 9 nitrogen and oxygen atoms in total. The highest BCUT2D eigenvalue weighted by molar-refractivity contribution is 5.72. The number of nitrogens with one attached hydrogen (secondary N) is 1. The number of rotatable bonds is 5. The standard InChI is InChI=1S/C25H27F2N7O2/c1-33-12-17(26)23(30-25(33)36)13-5-8-16(21(35)9-13)19-11-28-24(32-31-19)34(15-6-7-15)20-10-14-3-2-4-18(29-14)22(20)27/h5,8-9,11-12,14-15,18,20,22,29,35H,2-4,6-7,10H2,1H3/t14-,18-,20+,22-/m0/s1. The van der Waals surface area contributed by atoms with E-state index < -0.39 is 17.7 Å². The zero-order chi connectivity index (χ0) is 25.0. The Balaban J connectivity index is 1.27. The van der Waals surface area contributed by atoms with Crippen LogP contribution < -0.4 is 15.9 Å². The van der Waals surface area contributed by atoms with Gasteiger partial charge in [-0.1, -0.05) is 12.5 Å². The fourth-order valence-electron chi connectivity index (χ4n) is 5.51. The number of anilines is 1. The Morgan fingerprint density at radius 1 is 1.19 bits per heavy atom. The smallest absolute Gasteiger partial charge is 0.348 e. The molecular weight excluding hydrogens is 468 g/mol. The van der Waals surface area contributed by atoms with Crippen LogP contribution in [0.4, 0.5) is 14.7 Å². The zero-order valence-electron chi connectivity index (χ0n) is 19.8. The second-order valence-corrected chi connectivity index (χ2v) is 9.99. The molecule has 0 spiro atoms. The van der Waals surface area contributed by atoms with E-state index in [1.165, 1.54) is 19.3 Å². The van der Waals surface area contributed by atoms with E-state index in [2.05, 4.69) is 25.5 Å². The lowest BCUT2D eigenvalue weighted by molar-refractivity contribution is 0.103. The van der Waals surface area contributed by atoms with Crippen LogP contribution in [0.25, 0.3) is 22.5 Å². The molecule has 0 amide bonds. The first-order valence-corrected chi connectivity index (χ1v) is 12.3. The van der Waals surface area contributed by atoms with Crippen molar-refractivity contribution in [3.63, 3.8) is 0 Å². The topological polar surface area (TPSA) is 109 Å². The fourth-order valence-corrected chi connectivity index (χ4v) is 5.51. The average Bonchev–Trinajstić information content (AvgIpc) is 3.71. The van der Waals surface area contributed by atoms with Crippen molar-refractivity contribution in [3.05, 3.63) is 46.9 Å². The van der Waals surface area contributed by atoms with E-state index in [4.69, 9.17) is 0 Å². The molecule has 3 aromatic rings. The maximum atomic E-state index is 15.4. The Kier molecular flexibility index (Phi) is 5.66. The third kappa shape index (κ3) is 4.11. The first kappa shape index (κ1) is 23.0. The SMILES string of the molecule is Cn1cc(F)c(-c2ccc(-c3cnc(N(C4CC4)[C@@H]4C[C@@H]5CCC[C@H](N5)[C@@H]4F)nn3)c(O)c2)nc1=O. The molecule has 3 aliphatic rings. The molecule has 1 saturated carbocycles. The summed E-state index contributed by atoms with van der Waals surface area (Å²) < 4.78 is 30.8. The summed E-state index contributed by atoms with van der Waals surface area (Å²) in [4.78, 5) is 22.1. The fraction of sp³-hybridized carbons (Fsp3) is 0.480. The third-order valence-electron chi connectivity index (χ3n) is 7.46. The normalized spacial score (nSPS) is 25.5. The molecule has 4 heterocycles. The number of hydrogen-bond acceptors (Lipinski definition) is 8. The van der Waals surface area contributed by atoms with Gasteiger partial charge in [0, 0.05) is 42.5 Å². The number of fused-ring (bicyclic) bond motifs is 2. The van der Waals surface area contributed by atoms with Crippen molar-refractivity contribution in [2.24, 2.45) is 7.05 Å². The van der Waals surface area contributed by atoms with Gasteiger partial charge in [0.25, 0.3) is 0 Å². The Morgan fingerprint density at radius 2 is 2.03 bits per heavy atom. The number of hydrogen-bond donors (Lipinski definition) is 2. The molecule has 1 aliphatic carbocycles. The van der Waals surface area contributed by atoms with Gasteiger partial charge in [0.2, 0.25) is 5.95 Å². The van der Waals surface area contributed by atoms with Crippen LogP contribution in [-0.2, 0) is 7.05 Å². The summed E-state index contributed by atoms with van der Waals surface area (Å²) in [6.07, 6.45) is 7.20. The largest absolute Gasteiger partial charge is 0.507 e. The number of piperidine rings is 2. The van der Waals surface area contributed by atoms with Gasteiger partial charge < -0.3 is 15.3 Å². The van der Waals surface area contributed by atoms with E-state index in [-0.39, 0.29) is 35.1 Å². The summed E-state index contributed by atoms with van der Waals surface area (Å²) in [6, 6.07) is 4.55. The maximum Gasteiger partial charge on any atom is 0.348 e. The molecule has 2 aliphatic heterocycles. The van der Waals surface area contributed by atoms with Crippen LogP contribution in [0.15, 0.2) is 35.4 Å². The van der Waals surface area contributed by atoms with Gasteiger partial charge >= 0.3 is 5.69 Å². The van der Waals surface area contributed by atoms with Crippen LogP contribution >= 0.6 is 0 Å². The van der Waals surface area contributed by atoms with Crippen molar-refractivity contribution in [2.45, 2.75) is 68.9 Å². The molecule has 2 N–H and O–H groups in total. The van der Waals surface area contributed by atoms with E-state index in [0.717, 1.165) is 42.9 Å². The third-order valence-corrected chi connectivity index (χ3v) is 7.46. The summed E-state index contributed by atoms with van der Waals surface area (Å²) in [5, 5.41) is 22.7. The van der Waals surface area contributed by atoms with Gasteiger partial charge in [0.05, 0.1) is 12.2 Å². The Labute approximate surface area is 206 Å². The lowest BCUT2D eigenvalue weighted by atomic mass is 9.82. The summed E-state index contributed by atoms with van der Waals surface area (Å²) in [7, 11) is 1.41. The quantitative estimate of drug-likeness (QED) is 0.556. The minimum atomic E-state index is -0.995. The second kappa shape index (κ2) is 8.88. The molecule has 0 radical (unpaired) electrons. The number of alkyl halides is 1. The summed E-state index contributed by atoms with van der Waals surface area (Å²) in [6.45, 7) is 0. The van der Waals surface area contributed by atoms with Crippen LogP contribution in [0.2, 0.25) is 0 Å². The van der Waals surface area contributed by atoms with Crippen LogP contribution in [0.5, 0.6) is 5.75 Å². The number of nitrogens with zero attached hydrogens (tertiary/aromatic N) is 6. The van der Waals surface area contributed by atoms with Crippen LogP contribution in [-0.4, -0.2) is 60.2 Å². The van der Waals surface area contributed by atoms with Gasteiger partial charge in [-0.2, -0.15) is 4.98 Å². The van der Waals surface area contributed by atoms with Crippen LogP contribution in [0.3, 0.4) is 0 Å². The summed E-state index contributed by atoms with van der Waals surface area (Å²) in [5.74, 6) is -0.452. The Bertz CT molecular complexity index is 1350. The van der Waals surface area contributed by atoms with Gasteiger partial charge in [-0.3, -0.25) is 4.57 Å². The highest BCUT2D eigenvalue weighted by atomic mass is 19.1. The first-order chi connectivity index (χ1) is 17.4. The number of aromatic nitrogens is 5. The van der Waals surface area contributed by atoms with E-state index in [9.17, 15) is 14.3 Å². The number of halogens is 2. The lowest BCUT2D eigenvalue weighted by Crippen LogP contribution is -2.62. The summed E-state index contributed by atoms with van der Waals surface area (Å²) >= 11 is 0. The predicted molar refractivity (Wildman–Crippen MR) is 129 cm³/mol. The van der Waals surface area contributed by atoms with Crippen molar-refractivity contribution >= 4 is 5.95 Å². The molecule has 6 rings (SSSR count). The van der Waals surface area contributed by atoms with Crippen molar-refractivity contribution in [3.8, 4) is 28.3 Å². The Hall–Kier alpha value is -3.47. The molecule has 2 saturated heterocycles. The molecule has 36 heavy (non-hydrogen) atoms. The molecule has 1 aromatic carbocycles. The molecule has 4 atom stereocenters.